The smallest absolute Gasteiger partial charge is 0.130 e. The summed E-state index contributed by atoms with van der Waals surface area (Å²) < 4.78 is 31.1. The Labute approximate surface area is 100 Å². The van der Waals surface area contributed by atoms with E-state index < -0.39 is 17.7 Å². The first-order chi connectivity index (χ1) is 8.04. The van der Waals surface area contributed by atoms with Crippen LogP contribution in [-0.4, -0.2) is 38.8 Å². The molecule has 5 heteroatoms. The van der Waals surface area contributed by atoms with E-state index in [-0.39, 0.29) is 0 Å². The van der Waals surface area contributed by atoms with Gasteiger partial charge in [-0.3, -0.25) is 0 Å². The monoisotopic (exact) mass is 244 g/mol. The summed E-state index contributed by atoms with van der Waals surface area (Å²) in [5.41, 5.74) is 6.20. The first kappa shape index (κ1) is 14.0. The van der Waals surface area contributed by atoms with Crippen molar-refractivity contribution in [2.24, 2.45) is 5.73 Å². The maximum Gasteiger partial charge on any atom is 0.130 e. The molecule has 0 heterocycles. The lowest BCUT2D eigenvalue weighted by molar-refractivity contribution is 0.158. The molecule has 17 heavy (non-hydrogen) atoms. The van der Waals surface area contributed by atoms with Crippen molar-refractivity contribution in [3.8, 4) is 0 Å². The fraction of sp³-hybridized carbons (Fsp3) is 0.500. The molecule has 0 aromatic heterocycles. The van der Waals surface area contributed by atoms with Crippen molar-refractivity contribution < 1.29 is 13.5 Å². The van der Waals surface area contributed by atoms with Crippen LogP contribution in [0.3, 0.4) is 0 Å². The van der Waals surface area contributed by atoms with Crippen LogP contribution in [0.2, 0.25) is 0 Å². The van der Waals surface area contributed by atoms with Gasteiger partial charge in [0.25, 0.3) is 0 Å². The predicted molar refractivity (Wildman–Crippen MR) is 62.7 cm³/mol. The Bertz CT molecular complexity index is 360. The summed E-state index contributed by atoms with van der Waals surface area (Å²) in [6, 6.07) is 2.98. The van der Waals surface area contributed by atoms with Gasteiger partial charge in [0.15, 0.2) is 0 Å². The van der Waals surface area contributed by atoms with E-state index in [1.54, 1.807) is 7.11 Å². The van der Waals surface area contributed by atoms with Gasteiger partial charge in [-0.05, 0) is 13.1 Å². The highest BCUT2D eigenvalue weighted by molar-refractivity contribution is 5.22. The van der Waals surface area contributed by atoms with Crippen molar-refractivity contribution in [1.82, 2.24) is 4.90 Å². The third-order valence-corrected chi connectivity index (χ3v) is 2.55. The minimum Gasteiger partial charge on any atom is -0.383 e. The summed E-state index contributed by atoms with van der Waals surface area (Å²) >= 11 is 0. The van der Waals surface area contributed by atoms with E-state index in [9.17, 15) is 8.78 Å². The van der Waals surface area contributed by atoms with Gasteiger partial charge in [-0.2, -0.15) is 0 Å². The van der Waals surface area contributed by atoms with Crippen LogP contribution < -0.4 is 5.73 Å². The predicted octanol–water partition coefficient (Wildman–Crippen LogP) is 1.54. The van der Waals surface area contributed by atoms with Gasteiger partial charge >= 0.3 is 0 Å². The second kappa shape index (κ2) is 6.64. The number of hydrogen-bond acceptors (Lipinski definition) is 3. The van der Waals surface area contributed by atoms with Crippen molar-refractivity contribution in [3.63, 3.8) is 0 Å². The van der Waals surface area contributed by atoms with E-state index in [0.717, 1.165) is 6.07 Å². The van der Waals surface area contributed by atoms with Crippen molar-refractivity contribution in [1.29, 1.82) is 0 Å². The summed E-state index contributed by atoms with van der Waals surface area (Å²) in [4.78, 5) is 1.94. The molecule has 0 fully saturated rings. The summed E-state index contributed by atoms with van der Waals surface area (Å²) in [5.74, 6) is -1.19. The topological polar surface area (TPSA) is 38.5 Å². The van der Waals surface area contributed by atoms with Gasteiger partial charge in [0.2, 0.25) is 0 Å². The molecule has 0 amide bonds. The zero-order valence-electron chi connectivity index (χ0n) is 10.1. The highest BCUT2D eigenvalue weighted by Crippen LogP contribution is 2.16. The zero-order valence-corrected chi connectivity index (χ0v) is 10.1. The molecule has 1 atom stereocenters. The molecule has 0 aliphatic rings. The van der Waals surface area contributed by atoms with Gasteiger partial charge < -0.3 is 15.4 Å². The third kappa shape index (κ3) is 4.38. The number of nitrogens with zero attached hydrogens (tertiary/aromatic N) is 1. The molecule has 0 radical (unpaired) electrons. The summed E-state index contributed by atoms with van der Waals surface area (Å²) in [6.07, 6.45) is 0. The summed E-state index contributed by atoms with van der Waals surface area (Å²) in [7, 11) is 3.49. The number of nitrogens with two attached hydrogens (primary N) is 1. The summed E-state index contributed by atoms with van der Waals surface area (Å²) in [5, 5.41) is 0. The number of rotatable bonds is 6. The molecular formula is C12H18F2N2O. The van der Waals surface area contributed by atoms with Gasteiger partial charge in [0, 0.05) is 37.9 Å². The van der Waals surface area contributed by atoms with E-state index in [2.05, 4.69) is 0 Å². The van der Waals surface area contributed by atoms with Crippen molar-refractivity contribution in [3.05, 3.63) is 35.4 Å². The van der Waals surface area contributed by atoms with E-state index in [0.29, 0.717) is 25.3 Å². The number of ether oxygens (including phenoxy) is 1. The number of likely N-dealkylation sites (N-methyl/N-ethyl adjacent to an activating group) is 1. The average Bonchev–Trinajstić information content (AvgIpc) is 2.26. The van der Waals surface area contributed by atoms with Crippen LogP contribution in [0.5, 0.6) is 0 Å². The molecular weight excluding hydrogens is 226 g/mol. The largest absolute Gasteiger partial charge is 0.383 e. The Morgan fingerprint density at radius 2 is 2.12 bits per heavy atom. The van der Waals surface area contributed by atoms with Crippen LogP contribution in [0, 0.1) is 11.6 Å². The van der Waals surface area contributed by atoms with Gasteiger partial charge in [0.05, 0.1) is 6.61 Å². The van der Waals surface area contributed by atoms with Gasteiger partial charge in [0.1, 0.15) is 11.6 Å². The molecule has 1 rings (SSSR count). The average molecular weight is 244 g/mol. The van der Waals surface area contributed by atoms with Crippen LogP contribution >= 0.6 is 0 Å². The maximum atomic E-state index is 13.4. The molecule has 96 valence electrons. The van der Waals surface area contributed by atoms with Crippen molar-refractivity contribution in [2.75, 3.05) is 33.9 Å². The molecule has 0 aliphatic heterocycles. The highest BCUT2D eigenvalue weighted by atomic mass is 19.1. The second-order valence-corrected chi connectivity index (χ2v) is 4.03. The van der Waals surface area contributed by atoms with Crippen LogP contribution in [0.1, 0.15) is 11.6 Å². The Morgan fingerprint density at radius 1 is 1.41 bits per heavy atom. The fourth-order valence-electron chi connectivity index (χ4n) is 1.57. The van der Waals surface area contributed by atoms with E-state index in [1.807, 2.05) is 11.9 Å². The number of halogens is 2. The molecule has 1 aromatic carbocycles. The lowest BCUT2D eigenvalue weighted by Crippen LogP contribution is -2.31. The lowest BCUT2D eigenvalue weighted by atomic mass is 10.1. The molecule has 1 unspecified atom stereocenters. The van der Waals surface area contributed by atoms with E-state index >= 15 is 0 Å². The fourth-order valence-corrected chi connectivity index (χ4v) is 1.57. The normalized spacial score (nSPS) is 13.1. The number of benzene rings is 1. The highest BCUT2D eigenvalue weighted by Gasteiger charge is 2.14. The Balaban J connectivity index is 2.60. The van der Waals surface area contributed by atoms with Gasteiger partial charge in [-0.1, -0.05) is 6.07 Å². The van der Waals surface area contributed by atoms with Gasteiger partial charge in [-0.15, -0.1) is 0 Å². The minimum absolute atomic E-state index is 0.329. The zero-order chi connectivity index (χ0) is 12.8. The Morgan fingerprint density at radius 3 is 2.71 bits per heavy atom. The summed E-state index contributed by atoms with van der Waals surface area (Å²) in [6.45, 7) is 1.80. The second-order valence-electron chi connectivity index (χ2n) is 4.03. The van der Waals surface area contributed by atoms with Crippen LogP contribution in [0.15, 0.2) is 18.2 Å². The Hall–Kier alpha value is -1.04. The van der Waals surface area contributed by atoms with E-state index in [4.69, 9.17) is 10.5 Å². The molecule has 0 saturated carbocycles. The van der Waals surface area contributed by atoms with E-state index in [1.165, 1.54) is 12.1 Å². The minimum atomic E-state index is -0.599. The molecule has 0 aliphatic carbocycles. The molecule has 0 bridgehead atoms. The molecule has 2 N–H and O–H groups in total. The molecule has 1 aromatic rings. The van der Waals surface area contributed by atoms with Crippen LogP contribution in [0.25, 0.3) is 0 Å². The Kier molecular flexibility index (Phi) is 5.47. The molecule has 0 saturated heterocycles. The molecule has 0 spiro atoms. The quantitative estimate of drug-likeness (QED) is 0.825. The number of hydrogen-bond donors (Lipinski definition) is 1. The standard InChI is InChI=1S/C12H18F2N2O/c1-16(5-6-17-2)8-12(15)10-4-3-9(13)7-11(10)14/h3-4,7,12H,5-6,8,15H2,1-2H3. The number of methoxy groups -OCH3 is 1. The van der Waals surface area contributed by atoms with Crippen LogP contribution in [-0.2, 0) is 4.74 Å². The third-order valence-electron chi connectivity index (χ3n) is 2.55. The van der Waals surface area contributed by atoms with Gasteiger partial charge in [-0.25, -0.2) is 8.78 Å². The van der Waals surface area contributed by atoms with Crippen LogP contribution in [0.4, 0.5) is 8.78 Å². The van der Waals surface area contributed by atoms with Crippen molar-refractivity contribution in [2.45, 2.75) is 6.04 Å². The van der Waals surface area contributed by atoms with Crippen molar-refractivity contribution >= 4 is 0 Å². The lowest BCUT2D eigenvalue weighted by Gasteiger charge is -2.21. The first-order valence-electron chi connectivity index (χ1n) is 5.42. The molecule has 3 nitrogen and oxygen atoms in total. The SMILES string of the molecule is COCCN(C)CC(N)c1ccc(F)cc1F. The maximum absolute atomic E-state index is 13.4. The first-order valence-corrected chi connectivity index (χ1v) is 5.42.